The summed E-state index contributed by atoms with van der Waals surface area (Å²) in [5.74, 6) is 1.19. The third kappa shape index (κ3) is 2.72. The van der Waals surface area contributed by atoms with Crippen molar-refractivity contribution in [1.82, 2.24) is 4.98 Å². The number of aromatic nitrogens is 1. The summed E-state index contributed by atoms with van der Waals surface area (Å²) in [7, 11) is 0. The van der Waals surface area contributed by atoms with Gasteiger partial charge in [-0.25, -0.2) is 4.98 Å². The standard InChI is InChI=1S/C17H15BrN2O/c1-2-11-6-7-16(15(19)10-11)21-17-13-4-3-5-14(18)12(13)8-9-20-17/h3-10H,2,19H2,1H3. The maximum atomic E-state index is 6.06. The lowest BCUT2D eigenvalue weighted by molar-refractivity contribution is 0.471. The van der Waals surface area contributed by atoms with Gasteiger partial charge in [0.15, 0.2) is 5.75 Å². The largest absolute Gasteiger partial charge is 0.436 e. The van der Waals surface area contributed by atoms with E-state index in [1.165, 1.54) is 5.56 Å². The number of anilines is 1. The fourth-order valence-corrected chi connectivity index (χ4v) is 2.74. The van der Waals surface area contributed by atoms with Crippen LogP contribution < -0.4 is 10.5 Å². The van der Waals surface area contributed by atoms with Gasteiger partial charge in [0.25, 0.3) is 0 Å². The predicted octanol–water partition coefficient (Wildman–Crippen LogP) is 4.93. The van der Waals surface area contributed by atoms with Gasteiger partial charge in [-0.05, 0) is 42.3 Å². The van der Waals surface area contributed by atoms with Crippen LogP contribution in [-0.4, -0.2) is 4.98 Å². The summed E-state index contributed by atoms with van der Waals surface area (Å²) < 4.78 is 6.94. The number of benzene rings is 2. The maximum Gasteiger partial charge on any atom is 0.227 e. The molecule has 0 amide bonds. The molecule has 0 aliphatic heterocycles. The Kier molecular flexibility index (Phi) is 3.80. The first-order valence-corrected chi connectivity index (χ1v) is 7.58. The molecule has 1 aromatic heterocycles. The number of pyridine rings is 1. The molecule has 0 aliphatic carbocycles. The Morgan fingerprint density at radius 3 is 2.76 bits per heavy atom. The summed E-state index contributed by atoms with van der Waals surface area (Å²) in [6, 6.07) is 13.8. The molecule has 106 valence electrons. The van der Waals surface area contributed by atoms with Gasteiger partial charge in [-0.1, -0.05) is 35.0 Å². The third-order valence-electron chi connectivity index (χ3n) is 3.41. The molecule has 1 heterocycles. The van der Waals surface area contributed by atoms with Gasteiger partial charge in [0, 0.05) is 21.4 Å². The van der Waals surface area contributed by atoms with Gasteiger partial charge < -0.3 is 10.5 Å². The minimum atomic E-state index is 0.560. The predicted molar refractivity (Wildman–Crippen MR) is 89.7 cm³/mol. The van der Waals surface area contributed by atoms with Gasteiger partial charge in [0.05, 0.1) is 5.69 Å². The fraction of sp³-hybridized carbons (Fsp3) is 0.118. The molecule has 3 nitrogen and oxygen atoms in total. The number of rotatable bonds is 3. The number of nitrogens with zero attached hydrogens (tertiary/aromatic N) is 1. The third-order valence-corrected chi connectivity index (χ3v) is 4.10. The molecule has 0 atom stereocenters. The van der Waals surface area contributed by atoms with Crippen LogP contribution in [0, 0.1) is 0 Å². The van der Waals surface area contributed by atoms with Crippen LogP contribution in [0.25, 0.3) is 10.8 Å². The molecule has 0 fully saturated rings. The Morgan fingerprint density at radius 2 is 2.00 bits per heavy atom. The van der Waals surface area contributed by atoms with Crippen LogP contribution in [0.5, 0.6) is 11.6 Å². The molecule has 0 spiro atoms. The van der Waals surface area contributed by atoms with Crippen molar-refractivity contribution < 1.29 is 4.74 Å². The van der Waals surface area contributed by atoms with Gasteiger partial charge >= 0.3 is 0 Å². The summed E-state index contributed by atoms with van der Waals surface area (Å²) >= 11 is 3.54. The molecule has 0 saturated carbocycles. The Hall–Kier alpha value is -2.07. The van der Waals surface area contributed by atoms with Crippen molar-refractivity contribution in [1.29, 1.82) is 0 Å². The Morgan fingerprint density at radius 1 is 1.14 bits per heavy atom. The number of aryl methyl sites for hydroxylation is 1. The molecule has 0 saturated heterocycles. The lowest BCUT2D eigenvalue weighted by Gasteiger charge is -2.11. The molecule has 21 heavy (non-hydrogen) atoms. The number of hydrogen-bond acceptors (Lipinski definition) is 3. The molecular formula is C17H15BrN2O. The van der Waals surface area contributed by atoms with Gasteiger partial charge in [-0.3, -0.25) is 0 Å². The van der Waals surface area contributed by atoms with E-state index in [4.69, 9.17) is 10.5 Å². The highest BCUT2D eigenvalue weighted by Gasteiger charge is 2.09. The Balaban J connectivity index is 2.04. The van der Waals surface area contributed by atoms with Crippen molar-refractivity contribution in [2.24, 2.45) is 0 Å². The number of nitrogen functional groups attached to an aromatic ring is 1. The van der Waals surface area contributed by atoms with Crippen molar-refractivity contribution in [3.8, 4) is 11.6 Å². The lowest BCUT2D eigenvalue weighted by Crippen LogP contribution is -1.95. The molecule has 2 N–H and O–H groups in total. The van der Waals surface area contributed by atoms with Gasteiger partial charge in [-0.15, -0.1) is 0 Å². The second kappa shape index (κ2) is 5.74. The number of hydrogen-bond donors (Lipinski definition) is 1. The zero-order valence-corrected chi connectivity index (χ0v) is 13.2. The maximum absolute atomic E-state index is 6.06. The molecular weight excluding hydrogens is 328 g/mol. The van der Waals surface area contributed by atoms with E-state index >= 15 is 0 Å². The molecule has 3 aromatic rings. The van der Waals surface area contributed by atoms with E-state index in [1.807, 2.05) is 42.5 Å². The summed E-state index contributed by atoms with van der Waals surface area (Å²) in [6.45, 7) is 2.10. The molecule has 2 aromatic carbocycles. The number of halogens is 1. The van der Waals surface area contributed by atoms with Crippen molar-refractivity contribution in [3.63, 3.8) is 0 Å². The quantitative estimate of drug-likeness (QED) is 0.686. The van der Waals surface area contributed by atoms with Gasteiger partial charge in [-0.2, -0.15) is 0 Å². The zero-order chi connectivity index (χ0) is 14.8. The Labute approximate surface area is 131 Å². The van der Waals surface area contributed by atoms with E-state index in [2.05, 4.69) is 27.8 Å². The monoisotopic (exact) mass is 342 g/mol. The molecule has 0 bridgehead atoms. The smallest absolute Gasteiger partial charge is 0.227 e. The minimum absolute atomic E-state index is 0.560. The van der Waals surface area contributed by atoms with E-state index in [0.29, 0.717) is 17.3 Å². The van der Waals surface area contributed by atoms with Crippen molar-refractivity contribution in [3.05, 3.63) is 58.7 Å². The highest BCUT2D eigenvalue weighted by Crippen LogP contribution is 2.33. The lowest BCUT2D eigenvalue weighted by atomic mass is 10.1. The normalized spacial score (nSPS) is 10.8. The van der Waals surface area contributed by atoms with E-state index in [0.717, 1.165) is 21.7 Å². The van der Waals surface area contributed by atoms with Crippen LogP contribution in [-0.2, 0) is 6.42 Å². The number of fused-ring (bicyclic) bond motifs is 1. The van der Waals surface area contributed by atoms with Crippen molar-refractivity contribution in [2.45, 2.75) is 13.3 Å². The molecule has 3 rings (SSSR count). The minimum Gasteiger partial charge on any atom is -0.436 e. The highest BCUT2D eigenvalue weighted by molar-refractivity contribution is 9.10. The first-order chi connectivity index (χ1) is 10.2. The zero-order valence-electron chi connectivity index (χ0n) is 11.6. The first kappa shape index (κ1) is 13.9. The topological polar surface area (TPSA) is 48.1 Å². The SMILES string of the molecule is CCc1ccc(Oc2nccc3c(Br)cccc23)c(N)c1. The summed E-state index contributed by atoms with van der Waals surface area (Å²) in [5, 5.41) is 2.01. The highest BCUT2D eigenvalue weighted by atomic mass is 79.9. The molecule has 0 aliphatic rings. The van der Waals surface area contributed by atoms with Crippen LogP contribution in [0.3, 0.4) is 0 Å². The van der Waals surface area contributed by atoms with Crippen molar-refractivity contribution in [2.75, 3.05) is 5.73 Å². The molecule has 4 heteroatoms. The second-order valence-corrected chi connectivity index (χ2v) is 5.63. The number of ether oxygens (including phenoxy) is 1. The molecule has 0 radical (unpaired) electrons. The van der Waals surface area contributed by atoms with E-state index in [1.54, 1.807) is 6.20 Å². The van der Waals surface area contributed by atoms with Crippen LogP contribution in [0.15, 0.2) is 53.1 Å². The second-order valence-electron chi connectivity index (χ2n) is 4.78. The van der Waals surface area contributed by atoms with Gasteiger partial charge in [0.2, 0.25) is 5.88 Å². The van der Waals surface area contributed by atoms with Crippen LogP contribution in [0.1, 0.15) is 12.5 Å². The van der Waals surface area contributed by atoms with Crippen LogP contribution in [0.2, 0.25) is 0 Å². The van der Waals surface area contributed by atoms with Crippen LogP contribution >= 0.6 is 15.9 Å². The average Bonchev–Trinajstić information content (AvgIpc) is 2.50. The first-order valence-electron chi connectivity index (χ1n) is 6.78. The fourth-order valence-electron chi connectivity index (χ4n) is 2.24. The average molecular weight is 343 g/mol. The van der Waals surface area contributed by atoms with Crippen molar-refractivity contribution >= 4 is 32.4 Å². The van der Waals surface area contributed by atoms with Gasteiger partial charge in [0.1, 0.15) is 0 Å². The number of nitrogens with two attached hydrogens (primary N) is 1. The summed E-state index contributed by atoms with van der Waals surface area (Å²) in [5.41, 5.74) is 7.87. The summed E-state index contributed by atoms with van der Waals surface area (Å²) in [4.78, 5) is 4.33. The molecule has 0 unspecified atom stereocenters. The van der Waals surface area contributed by atoms with E-state index in [-0.39, 0.29) is 0 Å². The summed E-state index contributed by atoms with van der Waals surface area (Å²) in [6.07, 6.45) is 2.68. The van der Waals surface area contributed by atoms with E-state index in [9.17, 15) is 0 Å². The Bertz CT molecular complexity index is 802. The van der Waals surface area contributed by atoms with Crippen LogP contribution in [0.4, 0.5) is 5.69 Å². The van der Waals surface area contributed by atoms with E-state index < -0.39 is 0 Å².